The van der Waals surface area contributed by atoms with Crippen molar-refractivity contribution in [3.8, 4) is 0 Å². The molecule has 2 atom stereocenters. The highest BCUT2D eigenvalue weighted by molar-refractivity contribution is 7.10. The third-order valence-corrected chi connectivity index (χ3v) is 8.82. The molecule has 0 radical (unpaired) electrons. The van der Waals surface area contributed by atoms with E-state index in [-0.39, 0.29) is 47.5 Å². The van der Waals surface area contributed by atoms with Crippen molar-refractivity contribution in [3.63, 3.8) is 0 Å². The monoisotopic (exact) mass is 610 g/mol. The summed E-state index contributed by atoms with van der Waals surface area (Å²) in [7, 11) is 0. The Morgan fingerprint density at radius 1 is 0.929 bits per heavy atom. The van der Waals surface area contributed by atoms with Crippen LogP contribution in [0.3, 0.4) is 0 Å². The molecule has 4 rings (SSSR count). The summed E-state index contributed by atoms with van der Waals surface area (Å²) in [5.74, 6) is -0.543. The van der Waals surface area contributed by atoms with Crippen molar-refractivity contribution in [2.24, 2.45) is 5.92 Å². The second kappa shape index (κ2) is 15.0. The molecule has 10 nitrogen and oxygen atoms in total. The Labute approximate surface area is 254 Å². The number of rotatable bonds is 4. The van der Waals surface area contributed by atoms with Crippen LogP contribution < -0.4 is 16.0 Å². The van der Waals surface area contributed by atoms with E-state index in [4.69, 9.17) is 0 Å². The van der Waals surface area contributed by atoms with Crippen molar-refractivity contribution in [1.82, 2.24) is 30.8 Å². The van der Waals surface area contributed by atoms with Crippen LogP contribution in [0.15, 0.2) is 41.1 Å². The molecule has 2 aromatic heterocycles. The van der Waals surface area contributed by atoms with Crippen molar-refractivity contribution in [2.45, 2.75) is 65.0 Å². The van der Waals surface area contributed by atoms with Crippen molar-refractivity contribution >= 4 is 46.3 Å². The summed E-state index contributed by atoms with van der Waals surface area (Å²) in [4.78, 5) is 62.2. The molecule has 3 aromatic rings. The molecule has 42 heavy (non-hydrogen) atoms. The fourth-order valence-corrected chi connectivity index (χ4v) is 6.48. The lowest BCUT2D eigenvalue weighted by Crippen LogP contribution is -2.35. The predicted molar refractivity (Wildman–Crippen MR) is 163 cm³/mol. The van der Waals surface area contributed by atoms with Gasteiger partial charge in [0.2, 0.25) is 11.8 Å². The quantitative estimate of drug-likeness (QED) is 0.404. The van der Waals surface area contributed by atoms with Crippen LogP contribution in [-0.4, -0.2) is 58.1 Å². The number of nitrogens with one attached hydrogen (secondary N) is 3. The number of amides is 4. The highest BCUT2D eigenvalue weighted by Crippen LogP contribution is 2.27. The molecule has 3 N–H and O–H groups in total. The van der Waals surface area contributed by atoms with Crippen LogP contribution in [0.1, 0.15) is 95.1 Å². The van der Waals surface area contributed by atoms with Crippen molar-refractivity contribution in [2.75, 3.05) is 19.6 Å². The zero-order valence-electron chi connectivity index (χ0n) is 24.2. The van der Waals surface area contributed by atoms with Crippen LogP contribution in [0.4, 0.5) is 0 Å². The van der Waals surface area contributed by atoms with Crippen molar-refractivity contribution in [3.05, 3.63) is 68.1 Å². The lowest BCUT2D eigenvalue weighted by atomic mass is 10.0. The molecule has 0 saturated heterocycles. The first-order chi connectivity index (χ1) is 20.2. The standard InChI is InChI=1S/C30H38N6O4S2/c1-19(2)15-22-29-35-25(18-42-29)28(40)33-23(16-21-9-5-4-6-10-21)30-34-24(17-41-30)27(39)31-12-8-14-36(20(3)37)13-7-11-26(38)32-22/h4-6,9-10,17-19,22-23H,7-8,11-16H2,1-3H3,(H,31,39)(H,32,38)(H,33,40)/t22-,23-/m0/s1. The summed E-state index contributed by atoms with van der Waals surface area (Å²) < 4.78 is 0. The van der Waals surface area contributed by atoms with Crippen LogP contribution in [-0.2, 0) is 16.0 Å². The van der Waals surface area contributed by atoms with E-state index in [0.717, 1.165) is 5.56 Å². The molecule has 3 heterocycles. The van der Waals surface area contributed by atoms with Crippen LogP contribution in [0, 0.1) is 5.92 Å². The Morgan fingerprint density at radius 2 is 1.57 bits per heavy atom. The smallest absolute Gasteiger partial charge is 0.271 e. The molecule has 224 valence electrons. The molecule has 1 aliphatic heterocycles. The second-order valence-corrected chi connectivity index (χ2v) is 12.6. The molecule has 4 amide bonds. The van der Waals surface area contributed by atoms with Gasteiger partial charge >= 0.3 is 0 Å². The van der Waals surface area contributed by atoms with Crippen LogP contribution >= 0.6 is 22.7 Å². The number of carbonyl (C=O) groups is 4. The Bertz CT molecular complexity index is 1370. The lowest BCUT2D eigenvalue weighted by Gasteiger charge is -2.22. The van der Waals surface area contributed by atoms with Gasteiger partial charge in [-0.2, -0.15) is 0 Å². The Kier molecular flexibility index (Phi) is 11.2. The summed E-state index contributed by atoms with van der Waals surface area (Å²) >= 11 is 2.67. The molecule has 1 aromatic carbocycles. The van der Waals surface area contributed by atoms with E-state index in [1.165, 1.54) is 29.6 Å². The molecule has 1 aliphatic rings. The average Bonchev–Trinajstić information content (AvgIpc) is 3.64. The molecular formula is C30H38N6O4S2. The summed E-state index contributed by atoms with van der Waals surface area (Å²) in [6, 6.07) is 8.99. The number of nitrogens with zero attached hydrogens (tertiary/aromatic N) is 3. The van der Waals surface area contributed by atoms with Crippen molar-refractivity contribution in [1.29, 1.82) is 0 Å². The number of hydrogen-bond donors (Lipinski definition) is 3. The van der Waals surface area contributed by atoms with E-state index in [0.29, 0.717) is 61.3 Å². The van der Waals surface area contributed by atoms with Gasteiger partial charge in [-0.15, -0.1) is 22.7 Å². The fraction of sp³-hybridized carbons (Fsp3) is 0.467. The summed E-state index contributed by atoms with van der Waals surface area (Å²) in [5, 5.41) is 13.7. The minimum Gasteiger partial charge on any atom is -0.351 e. The van der Waals surface area contributed by atoms with E-state index in [9.17, 15) is 19.2 Å². The van der Waals surface area contributed by atoms with Gasteiger partial charge in [0.15, 0.2) is 0 Å². The third-order valence-electron chi connectivity index (χ3n) is 6.90. The second-order valence-electron chi connectivity index (χ2n) is 10.8. The van der Waals surface area contributed by atoms with Gasteiger partial charge in [-0.05, 0) is 37.2 Å². The van der Waals surface area contributed by atoms with Gasteiger partial charge in [-0.25, -0.2) is 9.97 Å². The topological polar surface area (TPSA) is 133 Å². The zero-order valence-corrected chi connectivity index (χ0v) is 25.9. The van der Waals surface area contributed by atoms with Gasteiger partial charge in [0.25, 0.3) is 11.8 Å². The largest absolute Gasteiger partial charge is 0.351 e. The molecule has 0 spiro atoms. The Morgan fingerprint density at radius 3 is 2.24 bits per heavy atom. The van der Waals surface area contributed by atoms with E-state index in [2.05, 4.69) is 39.8 Å². The van der Waals surface area contributed by atoms with Crippen LogP contribution in [0.2, 0.25) is 0 Å². The maximum absolute atomic E-state index is 13.4. The van der Waals surface area contributed by atoms with Gasteiger partial charge in [-0.3, -0.25) is 19.2 Å². The maximum Gasteiger partial charge on any atom is 0.271 e. The normalized spacial score (nSPS) is 19.4. The van der Waals surface area contributed by atoms with Gasteiger partial charge in [-0.1, -0.05) is 44.2 Å². The number of thiazole rings is 2. The molecule has 0 saturated carbocycles. The summed E-state index contributed by atoms with van der Waals surface area (Å²) in [6.45, 7) is 6.97. The minimum absolute atomic E-state index is 0.0705. The van der Waals surface area contributed by atoms with E-state index in [1.54, 1.807) is 15.7 Å². The first-order valence-electron chi connectivity index (χ1n) is 14.3. The molecular weight excluding hydrogens is 573 g/mol. The van der Waals surface area contributed by atoms with E-state index >= 15 is 0 Å². The van der Waals surface area contributed by atoms with Gasteiger partial charge in [0.1, 0.15) is 21.4 Å². The predicted octanol–water partition coefficient (Wildman–Crippen LogP) is 4.28. The fourth-order valence-electron chi connectivity index (χ4n) is 4.76. The summed E-state index contributed by atoms with van der Waals surface area (Å²) in [6.07, 6.45) is 2.53. The van der Waals surface area contributed by atoms with E-state index in [1.807, 2.05) is 30.3 Å². The minimum atomic E-state index is -0.471. The maximum atomic E-state index is 13.4. The molecule has 0 aliphatic carbocycles. The molecule has 0 fully saturated rings. The van der Waals surface area contributed by atoms with Crippen LogP contribution in [0.25, 0.3) is 0 Å². The van der Waals surface area contributed by atoms with Gasteiger partial charge in [0.05, 0.1) is 12.1 Å². The van der Waals surface area contributed by atoms with Crippen LogP contribution in [0.5, 0.6) is 0 Å². The number of fused-ring (bicyclic) bond motifs is 4. The highest BCUT2D eigenvalue weighted by Gasteiger charge is 2.25. The SMILES string of the molecule is CC(=O)N1CCCNC(=O)c2csc(n2)[C@H](Cc2ccccc2)NC(=O)c2csc(n2)[C@H](CC(C)C)NC(=O)CCC1. The lowest BCUT2D eigenvalue weighted by molar-refractivity contribution is -0.129. The third kappa shape index (κ3) is 8.93. The number of hydrogen-bond acceptors (Lipinski definition) is 8. The van der Waals surface area contributed by atoms with Crippen molar-refractivity contribution < 1.29 is 19.2 Å². The Balaban J connectivity index is 1.62. The number of benzene rings is 1. The van der Waals surface area contributed by atoms with Gasteiger partial charge in [0, 0.05) is 43.7 Å². The highest BCUT2D eigenvalue weighted by atomic mass is 32.1. The average molecular weight is 611 g/mol. The Hall–Kier alpha value is -3.64. The number of aromatic nitrogens is 2. The van der Waals surface area contributed by atoms with E-state index < -0.39 is 6.04 Å². The molecule has 12 heteroatoms. The summed E-state index contributed by atoms with van der Waals surface area (Å²) in [5.41, 5.74) is 1.57. The first-order valence-corrected chi connectivity index (χ1v) is 16.0. The number of carbonyl (C=O) groups excluding carboxylic acids is 4. The van der Waals surface area contributed by atoms with Gasteiger partial charge < -0.3 is 20.9 Å². The molecule has 0 unspecified atom stereocenters. The first kappa shape index (κ1) is 31.3. The zero-order chi connectivity index (χ0) is 30.1. The molecule has 4 bridgehead atoms.